The molecular weight excluding hydrogens is 482 g/mol. The summed E-state index contributed by atoms with van der Waals surface area (Å²) in [6.45, 7) is 6.66. The second-order valence-electron chi connectivity index (χ2n) is 9.29. The summed E-state index contributed by atoms with van der Waals surface area (Å²) in [5.41, 5.74) is 1.71. The zero-order valence-corrected chi connectivity index (χ0v) is 21.6. The van der Waals surface area contributed by atoms with Crippen LogP contribution in [0.3, 0.4) is 0 Å². The lowest BCUT2D eigenvalue weighted by Gasteiger charge is -2.29. The summed E-state index contributed by atoms with van der Waals surface area (Å²) in [6, 6.07) is 3.93. The number of carbonyl (C=O) groups is 1. The van der Waals surface area contributed by atoms with Crippen LogP contribution >= 0.6 is 24.0 Å². The molecule has 2 aromatic heterocycles. The Morgan fingerprint density at radius 3 is 2.77 bits per heavy atom. The summed E-state index contributed by atoms with van der Waals surface area (Å²) in [4.78, 5) is 36.3. The molecule has 2 aromatic rings. The van der Waals surface area contributed by atoms with Gasteiger partial charge in [0.25, 0.3) is 11.5 Å². The first-order valence-electron chi connectivity index (χ1n) is 12.4. The Hall–Kier alpha value is -2.27. The van der Waals surface area contributed by atoms with Crippen molar-refractivity contribution in [3.63, 3.8) is 0 Å². The number of thioether (sulfide) groups is 1. The van der Waals surface area contributed by atoms with Crippen LogP contribution in [0.25, 0.3) is 11.7 Å². The number of thiocarbonyl (C=S) groups is 1. The Bertz CT molecular complexity index is 1220. The summed E-state index contributed by atoms with van der Waals surface area (Å²) in [5.74, 6) is 0.403. The fourth-order valence-corrected chi connectivity index (χ4v) is 6.38. The van der Waals surface area contributed by atoms with Gasteiger partial charge in [-0.25, -0.2) is 4.98 Å². The molecule has 186 valence electrons. The molecule has 1 N–H and O–H groups in total. The number of amides is 1. The van der Waals surface area contributed by atoms with Crippen LogP contribution in [0.5, 0.6) is 0 Å². The van der Waals surface area contributed by atoms with E-state index < -0.39 is 0 Å². The SMILES string of the molecule is Cc1cccn2c(=O)c(/C=C3\SC(=S)N(C4CCCCC4)C3=O)c(NCCN3CCOCC3)nc12. The molecule has 35 heavy (non-hydrogen) atoms. The lowest BCUT2D eigenvalue weighted by molar-refractivity contribution is -0.124. The van der Waals surface area contributed by atoms with Gasteiger partial charge in [0, 0.05) is 38.4 Å². The number of ether oxygens (including phenoxy) is 1. The molecule has 0 bridgehead atoms. The first kappa shape index (κ1) is 24.4. The van der Waals surface area contributed by atoms with Crippen molar-refractivity contribution in [1.29, 1.82) is 0 Å². The molecule has 0 atom stereocenters. The third kappa shape index (κ3) is 5.16. The van der Waals surface area contributed by atoms with Crippen molar-refractivity contribution in [3.05, 3.63) is 44.7 Å². The quantitative estimate of drug-likeness (QED) is 0.466. The molecule has 5 rings (SSSR count). The minimum Gasteiger partial charge on any atom is -0.379 e. The van der Waals surface area contributed by atoms with Gasteiger partial charge in [-0.3, -0.25) is 23.8 Å². The van der Waals surface area contributed by atoms with Gasteiger partial charge in [-0.05, 0) is 37.5 Å². The van der Waals surface area contributed by atoms with Gasteiger partial charge >= 0.3 is 0 Å². The van der Waals surface area contributed by atoms with Crippen LogP contribution in [0.15, 0.2) is 28.0 Å². The fourth-order valence-electron chi connectivity index (χ4n) is 5.00. The molecule has 2 aliphatic heterocycles. The Labute approximate surface area is 214 Å². The van der Waals surface area contributed by atoms with Crippen molar-refractivity contribution in [1.82, 2.24) is 19.2 Å². The topological polar surface area (TPSA) is 79.2 Å². The second-order valence-corrected chi connectivity index (χ2v) is 11.0. The van der Waals surface area contributed by atoms with Crippen LogP contribution in [0.2, 0.25) is 0 Å². The van der Waals surface area contributed by atoms with Crippen LogP contribution in [0.4, 0.5) is 5.82 Å². The van der Waals surface area contributed by atoms with Gasteiger partial charge in [0.05, 0.1) is 23.7 Å². The number of rotatable bonds is 6. The molecule has 1 aliphatic carbocycles. The highest BCUT2D eigenvalue weighted by Gasteiger charge is 2.37. The number of carbonyl (C=O) groups excluding carboxylic acids is 1. The molecule has 1 saturated carbocycles. The number of pyridine rings is 1. The summed E-state index contributed by atoms with van der Waals surface area (Å²) >= 11 is 6.88. The number of nitrogens with one attached hydrogen (secondary N) is 1. The Morgan fingerprint density at radius 1 is 1.23 bits per heavy atom. The lowest BCUT2D eigenvalue weighted by atomic mass is 9.94. The van der Waals surface area contributed by atoms with Crippen molar-refractivity contribution in [2.45, 2.75) is 45.1 Å². The monoisotopic (exact) mass is 513 g/mol. The molecule has 0 aromatic carbocycles. The first-order chi connectivity index (χ1) is 17.0. The van der Waals surface area contributed by atoms with Crippen LogP contribution in [-0.4, -0.2) is 74.8 Å². The van der Waals surface area contributed by atoms with Crippen molar-refractivity contribution in [3.8, 4) is 0 Å². The molecule has 0 radical (unpaired) electrons. The van der Waals surface area contributed by atoms with E-state index in [-0.39, 0.29) is 17.5 Å². The number of nitrogens with zero attached hydrogens (tertiary/aromatic N) is 4. The van der Waals surface area contributed by atoms with Gasteiger partial charge in [-0.15, -0.1) is 0 Å². The molecule has 2 saturated heterocycles. The third-order valence-corrected chi connectivity index (χ3v) is 8.28. The normalized spacial score (nSPS) is 21.4. The molecule has 3 fully saturated rings. The number of hydrogen-bond donors (Lipinski definition) is 1. The van der Waals surface area contributed by atoms with E-state index in [9.17, 15) is 9.59 Å². The van der Waals surface area contributed by atoms with Crippen molar-refractivity contribution < 1.29 is 9.53 Å². The van der Waals surface area contributed by atoms with E-state index in [4.69, 9.17) is 21.9 Å². The first-order valence-corrected chi connectivity index (χ1v) is 13.6. The zero-order chi connectivity index (χ0) is 24.4. The molecule has 4 heterocycles. The lowest BCUT2D eigenvalue weighted by Crippen LogP contribution is -2.39. The second kappa shape index (κ2) is 10.8. The zero-order valence-electron chi connectivity index (χ0n) is 20.0. The molecule has 1 amide bonds. The van der Waals surface area contributed by atoms with Gasteiger partial charge in [0.2, 0.25) is 0 Å². The fraction of sp³-hybridized carbons (Fsp3) is 0.520. The Morgan fingerprint density at radius 2 is 2.00 bits per heavy atom. The van der Waals surface area contributed by atoms with E-state index in [0.717, 1.165) is 64.1 Å². The summed E-state index contributed by atoms with van der Waals surface area (Å²) < 4.78 is 7.57. The Balaban J connectivity index is 1.46. The highest BCUT2D eigenvalue weighted by Crippen LogP contribution is 2.37. The number of anilines is 1. The summed E-state index contributed by atoms with van der Waals surface area (Å²) in [5, 5.41) is 3.38. The average molecular weight is 514 g/mol. The van der Waals surface area contributed by atoms with Crippen molar-refractivity contribution >= 4 is 51.7 Å². The van der Waals surface area contributed by atoms with Gasteiger partial charge in [0.1, 0.15) is 15.8 Å². The van der Waals surface area contributed by atoms with E-state index in [1.807, 2.05) is 19.1 Å². The summed E-state index contributed by atoms with van der Waals surface area (Å²) in [7, 11) is 0. The number of morpholine rings is 1. The van der Waals surface area contributed by atoms with Gasteiger partial charge in [0.15, 0.2) is 0 Å². The minimum atomic E-state index is -0.199. The number of aryl methyl sites for hydroxylation is 1. The van der Waals surface area contributed by atoms with Crippen LogP contribution in [-0.2, 0) is 9.53 Å². The number of fused-ring (bicyclic) bond motifs is 1. The van der Waals surface area contributed by atoms with Crippen molar-refractivity contribution in [2.24, 2.45) is 0 Å². The maximum absolute atomic E-state index is 13.6. The van der Waals surface area contributed by atoms with E-state index >= 15 is 0 Å². The minimum absolute atomic E-state index is 0.0973. The standard InChI is InChI=1S/C25H31N5O3S2/c1-17-6-5-10-29-22(17)27-21(26-9-11-28-12-14-33-15-13-28)19(23(29)31)16-20-24(32)30(25(34)35-20)18-7-3-2-4-8-18/h5-6,10,16,18,26H,2-4,7-9,11-15H2,1H3/b20-16-. The smallest absolute Gasteiger partial charge is 0.267 e. The predicted octanol–water partition coefficient (Wildman–Crippen LogP) is 3.28. The molecule has 0 unspecified atom stereocenters. The maximum Gasteiger partial charge on any atom is 0.267 e. The molecular formula is C25H31N5O3S2. The van der Waals surface area contributed by atoms with Gasteiger partial charge in [-0.1, -0.05) is 49.3 Å². The van der Waals surface area contributed by atoms with Crippen LogP contribution in [0.1, 0.15) is 43.2 Å². The molecule has 0 spiro atoms. The predicted molar refractivity (Wildman–Crippen MR) is 144 cm³/mol. The van der Waals surface area contributed by atoms with Gasteiger partial charge < -0.3 is 10.1 Å². The Kier molecular flexibility index (Phi) is 7.52. The number of aromatic nitrogens is 2. The van der Waals surface area contributed by atoms with Crippen LogP contribution < -0.4 is 10.9 Å². The third-order valence-electron chi connectivity index (χ3n) is 6.95. The van der Waals surface area contributed by atoms with E-state index in [2.05, 4.69) is 10.2 Å². The highest BCUT2D eigenvalue weighted by atomic mass is 32.2. The average Bonchev–Trinajstić information content (AvgIpc) is 3.15. The molecule has 3 aliphatic rings. The van der Waals surface area contributed by atoms with Crippen LogP contribution in [0, 0.1) is 6.92 Å². The molecule has 8 nitrogen and oxygen atoms in total. The van der Waals surface area contributed by atoms with Gasteiger partial charge in [-0.2, -0.15) is 0 Å². The van der Waals surface area contributed by atoms with E-state index in [0.29, 0.717) is 32.8 Å². The highest BCUT2D eigenvalue weighted by molar-refractivity contribution is 8.26. The van der Waals surface area contributed by atoms with E-state index in [1.54, 1.807) is 21.6 Å². The largest absolute Gasteiger partial charge is 0.379 e. The van der Waals surface area contributed by atoms with E-state index in [1.165, 1.54) is 18.2 Å². The molecule has 10 heteroatoms. The van der Waals surface area contributed by atoms with Crippen molar-refractivity contribution in [2.75, 3.05) is 44.7 Å². The summed E-state index contributed by atoms with van der Waals surface area (Å²) in [6.07, 6.45) is 8.81. The number of hydrogen-bond acceptors (Lipinski definition) is 8. The maximum atomic E-state index is 13.6.